The Hall–Kier alpha value is -4.15. The van der Waals surface area contributed by atoms with E-state index in [0.29, 0.717) is 17.7 Å². The van der Waals surface area contributed by atoms with Gasteiger partial charge in [0, 0.05) is 29.6 Å². The summed E-state index contributed by atoms with van der Waals surface area (Å²) in [7, 11) is 1.65. The number of carbonyl (C=O) groups excluding carboxylic acids is 2. The summed E-state index contributed by atoms with van der Waals surface area (Å²) in [6.45, 7) is 4.75. The summed E-state index contributed by atoms with van der Waals surface area (Å²) in [4.78, 5) is 31.7. The Morgan fingerprint density at radius 3 is 2.62 bits per heavy atom. The molecule has 0 saturated heterocycles. The quantitative estimate of drug-likeness (QED) is 0.355. The largest absolute Gasteiger partial charge is 0.497 e. The maximum Gasteiger partial charge on any atom is 0.300 e. The average molecular weight is 497 g/mol. The van der Waals surface area contributed by atoms with Gasteiger partial charge in [-0.05, 0) is 78.9 Å². The summed E-state index contributed by atoms with van der Waals surface area (Å²) in [6, 6.07) is 16.5. The number of hydrogen-bond acceptors (Lipinski definition) is 5. The third-order valence-electron chi connectivity index (χ3n) is 6.58. The Balaban J connectivity index is 1.68. The number of hydrogen-bond donors (Lipinski definition) is 2. The molecular weight excluding hydrogens is 464 g/mol. The highest BCUT2D eigenvalue weighted by Gasteiger charge is 2.38. The van der Waals surface area contributed by atoms with Crippen LogP contribution in [0.5, 0.6) is 5.75 Å². The fourth-order valence-electron chi connectivity index (χ4n) is 4.72. The SMILES string of the molecule is C#CC(=O)N1[C@@H](c2ccc(NC(=O)c3ccnc(C)c3)cc2)c2ccc(OC)cc2C[C@@H]1NCCCC. The van der Waals surface area contributed by atoms with Crippen molar-refractivity contribution in [3.8, 4) is 18.1 Å². The third kappa shape index (κ3) is 5.82. The Kier molecular flexibility index (Phi) is 8.22. The minimum absolute atomic E-state index is 0.210. The normalized spacial score (nSPS) is 16.4. The minimum atomic E-state index is -0.384. The molecule has 190 valence electrons. The van der Waals surface area contributed by atoms with Crippen LogP contribution in [0.25, 0.3) is 0 Å². The van der Waals surface area contributed by atoms with E-state index in [1.807, 2.05) is 49.4 Å². The van der Waals surface area contributed by atoms with Crippen molar-refractivity contribution in [1.82, 2.24) is 15.2 Å². The first-order valence-electron chi connectivity index (χ1n) is 12.5. The lowest BCUT2D eigenvalue weighted by Gasteiger charge is -2.43. The van der Waals surface area contributed by atoms with Crippen LogP contribution < -0.4 is 15.4 Å². The fourth-order valence-corrected chi connectivity index (χ4v) is 4.72. The predicted molar refractivity (Wildman–Crippen MR) is 144 cm³/mol. The van der Waals surface area contributed by atoms with Gasteiger partial charge in [-0.3, -0.25) is 19.9 Å². The van der Waals surface area contributed by atoms with Crippen LogP contribution in [0.15, 0.2) is 60.8 Å². The number of methoxy groups -OCH3 is 1. The van der Waals surface area contributed by atoms with Crippen LogP contribution in [0.4, 0.5) is 5.69 Å². The van der Waals surface area contributed by atoms with Crippen molar-refractivity contribution >= 4 is 17.5 Å². The van der Waals surface area contributed by atoms with Gasteiger partial charge in [-0.15, -0.1) is 6.42 Å². The van der Waals surface area contributed by atoms with Gasteiger partial charge < -0.3 is 15.0 Å². The van der Waals surface area contributed by atoms with Crippen molar-refractivity contribution in [2.75, 3.05) is 19.0 Å². The monoisotopic (exact) mass is 496 g/mol. The van der Waals surface area contributed by atoms with E-state index < -0.39 is 0 Å². The summed E-state index contributed by atoms with van der Waals surface area (Å²) < 4.78 is 5.47. The van der Waals surface area contributed by atoms with Crippen LogP contribution >= 0.6 is 0 Å². The number of amides is 2. The number of benzene rings is 2. The standard InChI is InChI=1S/C30H32N4O3/c1-5-7-15-32-27-19-23-18-25(37-4)12-13-26(23)29(34(27)28(35)6-2)21-8-10-24(11-9-21)33-30(36)22-14-16-31-20(3)17-22/h2,8-14,16-18,27,29,32H,5,7,15,19H2,1,3-4H3,(H,33,36)/t27-,29+/m1/s1. The van der Waals surface area contributed by atoms with Crippen LogP contribution in [0.2, 0.25) is 0 Å². The number of ether oxygens (including phenoxy) is 1. The van der Waals surface area contributed by atoms with E-state index in [2.05, 4.69) is 28.5 Å². The first-order valence-corrected chi connectivity index (χ1v) is 12.5. The number of anilines is 1. The molecule has 2 atom stereocenters. The van der Waals surface area contributed by atoms with Gasteiger partial charge >= 0.3 is 0 Å². The molecule has 0 unspecified atom stereocenters. The van der Waals surface area contributed by atoms with Crippen molar-refractivity contribution < 1.29 is 14.3 Å². The maximum atomic E-state index is 13.1. The second kappa shape index (κ2) is 11.7. The first-order chi connectivity index (χ1) is 17.9. The summed E-state index contributed by atoms with van der Waals surface area (Å²) in [5, 5.41) is 6.46. The summed E-state index contributed by atoms with van der Waals surface area (Å²) >= 11 is 0. The molecule has 2 heterocycles. The molecular formula is C30H32N4O3. The van der Waals surface area contributed by atoms with E-state index in [0.717, 1.165) is 47.5 Å². The number of pyridine rings is 1. The fraction of sp³-hybridized carbons (Fsp3) is 0.300. The summed E-state index contributed by atoms with van der Waals surface area (Å²) in [5.74, 6) is 2.52. The van der Waals surface area contributed by atoms with Gasteiger partial charge in [-0.1, -0.05) is 31.5 Å². The Bertz CT molecular complexity index is 1310. The number of rotatable bonds is 8. The van der Waals surface area contributed by atoms with Gasteiger partial charge in [0.25, 0.3) is 11.8 Å². The van der Waals surface area contributed by atoms with Crippen LogP contribution in [-0.4, -0.2) is 41.5 Å². The number of unbranched alkanes of at least 4 members (excludes halogenated alkanes) is 1. The van der Waals surface area contributed by atoms with Crippen molar-refractivity contribution in [2.24, 2.45) is 0 Å². The molecule has 1 aromatic heterocycles. The van der Waals surface area contributed by atoms with Gasteiger partial charge in [0.1, 0.15) is 5.75 Å². The zero-order valence-electron chi connectivity index (χ0n) is 21.5. The van der Waals surface area contributed by atoms with Crippen LogP contribution in [0.3, 0.4) is 0 Å². The lowest BCUT2D eigenvalue weighted by Crippen LogP contribution is -2.54. The molecule has 2 N–H and O–H groups in total. The number of fused-ring (bicyclic) bond motifs is 1. The lowest BCUT2D eigenvalue weighted by molar-refractivity contribution is -0.130. The zero-order chi connectivity index (χ0) is 26.4. The van der Waals surface area contributed by atoms with E-state index in [1.165, 1.54) is 0 Å². The summed E-state index contributed by atoms with van der Waals surface area (Å²) in [6.07, 6.45) is 9.66. The lowest BCUT2D eigenvalue weighted by atomic mass is 9.86. The highest BCUT2D eigenvalue weighted by atomic mass is 16.5. The van der Waals surface area contributed by atoms with Crippen LogP contribution in [-0.2, 0) is 11.2 Å². The predicted octanol–water partition coefficient (Wildman–Crippen LogP) is 4.47. The molecule has 0 bridgehead atoms. The summed E-state index contributed by atoms with van der Waals surface area (Å²) in [5.41, 5.74) is 4.97. The molecule has 4 rings (SSSR count). The smallest absolute Gasteiger partial charge is 0.300 e. The van der Waals surface area contributed by atoms with Gasteiger partial charge in [0.05, 0.1) is 19.3 Å². The number of aromatic nitrogens is 1. The molecule has 0 radical (unpaired) electrons. The van der Waals surface area contributed by atoms with Crippen molar-refractivity contribution in [3.63, 3.8) is 0 Å². The molecule has 2 amide bonds. The maximum absolute atomic E-state index is 13.1. The van der Waals surface area contributed by atoms with Gasteiger partial charge in [0.2, 0.25) is 0 Å². The number of aryl methyl sites for hydroxylation is 1. The molecule has 1 aliphatic heterocycles. The molecule has 3 aromatic rings. The number of nitrogens with one attached hydrogen (secondary N) is 2. The first kappa shape index (κ1) is 25.9. The molecule has 0 aliphatic carbocycles. The number of terminal acetylenes is 1. The third-order valence-corrected chi connectivity index (χ3v) is 6.58. The highest BCUT2D eigenvalue weighted by Crippen LogP contribution is 2.39. The second-order valence-electron chi connectivity index (χ2n) is 9.11. The van der Waals surface area contributed by atoms with Gasteiger partial charge in [-0.25, -0.2) is 0 Å². The van der Waals surface area contributed by atoms with E-state index in [4.69, 9.17) is 11.2 Å². The number of nitrogens with zero attached hydrogens (tertiary/aromatic N) is 2. The van der Waals surface area contributed by atoms with Crippen molar-refractivity contribution in [2.45, 2.75) is 45.3 Å². The second-order valence-corrected chi connectivity index (χ2v) is 9.11. The zero-order valence-corrected chi connectivity index (χ0v) is 21.5. The van der Waals surface area contributed by atoms with Gasteiger partial charge in [-0.2, -0.15) is 0 Å². The van der Waals surface area contributed by atoms with E-state index >= 15 is 0 Å². The Morgan fingerprint density at radius 1 is 1.16 bits per heavy atom. The van der Waals surface area contributed by atoms with Gasteiger partial charge in [0.15, 0.2) is 0 Å². The molecule has 0 spiro atoms. The molecule has 37 heavy (non-hydrogen) atoms. The van der Waals surface area contributed by atoms with Crippen LogP contribution in [0.1, 0.15) is 58.5 Å². The Morgan fingerprint density at radius 2 is 1.95 bits per heavy atom. The van der Waals surface area contributed by atoms with E-state index in [1.54, 1.807) is 30.3 Å². The minimum Gasteiger partial charge on any atom is -0.497 e. The molecule has 0 fully saturated rings. The number of carbonyl (C=O) groups is 2. The Labute approximate surface area is 218 Å². The molecule has 0 saturated carbocycles. The van der Waals surface area contributed by atoms with E-state index in [9.17, 15) is 9.59 Å². The topological polar surface area (TPSA) is 83.6 Å². The van der Waals surface area contributed by atoms with Crippen molar-refractivity contribution in [1.29, 1.82) is 0 Å². The van der Waals surface area contributed by atoms with Crippen molar-refractivity contribution in [3.05, 3.63) is 88.7 Å². The van der Waals surface area contributed by atoms with Crippen LogP contribution in [0, 0.1) is 19.3 Å². The molecule has 1 aliphatic rings. The molecule has 2 aromatic carbocycles. The van der Waals surface area contributed by atoms with E-state index in [-0.39, 0.29) is 24.0 Å². The molecule has 7 nitrogen and oxygen atoms in total. The molecule has 7 heteroatoms. The highest BCUT2D eigenvalue weighted by molar-refractivity contribution is 6.04. The average Bonchev–Trinajstić information content (AvgIpc) is 2.92.